The highest BCUT2D eigenvalue weighted by molar-refractivity contribution is 7.89. The third kappa shape index (κ3) is 3.70. The maximum absolute atomic E-state index is 11.4. The lowest BCUT2D eigenvalue weighted by molar-refractivity contribution is 0.286. The van der Waals surface area contributed by atoms with Crippen molar-refractivity contribution in [1.29, 1.82) is 0 Å². The van der Waals surface area contributed by atoms with Gasteiger partial charge in [-0.15, -0.1) is 0 Å². The van der Waals surface area contributed by atoms with Crippen molar-refractivity contribution in [2.75, 3.05) is 5.32 Å². The Morgan fingerprint density at radius 3 is 2.63 bits per heavy atom. The molecular formula is C14H22N2O2S. The quantitative estimate of drug-likeness (QED) is 0.872. The lowest BCUT2D eigenvalue weighted by Crippen LogP contribution is -2.23. The van der Waals surface area contributed by atoms with E-state index in [2.05, 4.69) is 12.2 Å². The van der Waals surface area contributed by atoms with Crippen LogP contribution < -0.4 is 10.5 Å². The Bertz CT molecular complexity index is 551. The number of sulfonamides is 1. The second kappa shape index (κ2) is 5.51. The van der Waals surface area contributed by atoms with E-state index in [1.807, 2.05) is 6.92 Å². The van der Waals surface area contributed by atoms with Crippen molar-refractivity contribution in [3.63, 3.8) is 0 Å². The number of aryl methyl sites for hydroxylation is 1. The average molecular weight is 282 g/mol. The van der Waals surface area contributed by atoms with Gasteiger partial charge in [-0.3, -0.25) is 0 Å². The van der Waals surface area contributed by atoms with Gasteiger partial charge in [-0.25, -0.2) is 13.6 Å². The van der Waals surface area contributed by atoms with Crippen molar-refractivity contribution in [3.8, 4) is 0 Å². The fourth-order valence-electron chi connectivity index (χ4n) is 2.49. The van der Waals surface area contributed by atoms with Crippen LogP contribution in [0.3, 0.4) is 0 Å². The molecule has 19 heavy (non-hydrogen) atoms. The van der Waals surface area contributed by atoms with Gasteiger partial charge in [0.25, 0.3) is 0 Å². The Hall–Kier alpha value is -1.07. The highest BCUT2D eigenvalue weighted by atomic mass is 32.2. The van der Waals surface area contributed by atoms with Crippen LogP contribution >= 0.6 is 0 Å². The molecule has 0 heterocycles. The number of hydrogen-bond donors (Lipinski definition) is 2. The molecule has 5 heteroatoms. The summed E-state index contributed by atoms with van der Waals surface area (Å²) in [6.07, 6.45) is 5.13. The fraction of sp³-hybridized carbons (Fsp3) is 0.571. The maximum atomic E-state index is 11.4. The Morgan fingerprint density at radius 1 is 1.42 bits per heavy atom. The van der Waals surface area contributed by atoms with Gasteiger partial charge in [0.2, 0.25) is 10.0 Å². The average Bonchev–Trinajstić information content (AvgIpc) is 2.25. The van der Waals surface area contributed by atoms with Gasteiger partial charge in [0.1, 0.15) is 0 Å². The molecule has 0 bridgehead atoms. The zero-order chi connectivity index (χ0) is 14.0. The normalized spacial score (nSPS) is 17.8. The van der Waals surface area contributed by atoms with Crippen LogP contribution in [0.4, 0.5) is 5.69 Å². The van der Waals surface area contributed by atoms with Crippen molar-refractivity contribution >= 4 is 15.7 Å². The summed E-state index contributed by atoms with van der Waals surface area (Å²) in [6, 6.07) is 5.31. The van der Waals surface area contributed by atoms with E-state index in [9.17, 15) is 8.42 Å². The van der Waals surface area contributed by atoms with Crippen molar-refractivity contribution in [3.05, 3.63) is 23.8 Å². The highest BCUT2D eigenvalue weighted by Crippen LogP contribution is 2.31. The van der Waals surface area contributed by atoms with E-state index in [0.29, 0.717) is 6.04 Å². The molecule has 106 valence electrons. The highest BCUT2D eigenvalue weighted by Gasteiger charge is 2.20. The Labute approximate surface area is 115 Å². The zero-order valence-electron chi connectivity index (χ0n) is 11.5. The van der Waals surface area contributed by atoms with Crippen molar-refractivity contribution in [2.45, 2.75) is 50.5 Å². The van der Waals surface area contributed by atoms with E-state index in [1.54, 1.807) is 18.2 Å². The summed E-state index contributed by atoms with van der Waals surface area (Å²) in [6.45, 7) is 4.10. The van der Waals surface area contributed by atoms with Crippen LogP contribution in [0.25, 0.3) is 0 Å². The molecule has 1 aromatic carbocycles. The Balaban J connectivity index is 2.09. The summed E-state index contributed by atoms with van der Waals surface area (Å²) in [4.78, 5) is 0.163. The van der Waals surface area contributed by atoms with Gasteiger partial charge in [-0.1, -0.05) is 25.3 Å². The zero-order valence-corrected chi connectivity index (χ0v) is 12.3. The minimum absolute atomic E-state index is 0.163. The molecule has 4 nitrogen and oxygen atoms in total. The van der Waals surface area contributed by atoms with Crippen molar-refractivity contribution in [1.82, 2.24) is 0 Å². The monoisotopic (exact) mass is 282 g/mol. The first kappa shape index (κ1) is 14.3. The first-order chi connectivity index (χ1) is 8.86. The Morgan fingerprint density at radius 2 is 2.11 bits per heavy atom. The summed E-state index contributed by atoms with van der Waals surface area (Å²) >= 11 is 0. The van der Waals surface area contributed by atoms with E-state index in [-0.39, 0.29) is 4.90 Å². The van der Waals surface area contributed by atoms with Crippen molar-refractivity contribution in [2.24, 2.45) is 11.1 Å². The fourth-order valence-corrected chi connectivity index (χ4v) is 3.03. The molecule has 0 radical (unpaired) electrons. The molecule has 1 aliphatic carbocycles. The Kier molecular flexibility index (Phi) is 4.16. The number of nitrogens with one attached hydrogen (secondary N) is 1. The molecule has 1 fully saturated rings. The molecule has 0 spiro atoms. The summed E-state index contributed by atoms with van der Waals surface area (Å²) in [5.41, 5.74) is 1.89. The first-order valence-electron chi connectivity index (χ1n) is 6.76. The van der Waals surface area contributed by atoms with Gasteiger partial charge in [0.15, 0.2) is 0 Å². The van der Waals surface area contributed by atoms with Crippen LogP contribution in [-0.2, 0) is 10.0 Å². The SMILES string of the molecule is Cc1ccc(S(N)(=O)=O)cc1NC(C)CC1CCC1. The molecule has 0 aliphatic heterocycles. The van der Waals surface area contributed by atoms with Gasteiger partial charge >= 0.3 is 0 Å². The molecule has 0 saturated heterocycles. The van der Waals surface area contributed by atoms with Gasteiger partial charge < -0.3 is 5.32 Å². The molecular weight excluding hydrogens is 260 g/mol. The van der Waals surface area contributed by atoms with Crippen LogP contribution in [-0.4, -0.2) is 14.5 Å². The second-order valence-electron chi connectivity index (χ2n) is 5.60. The molecule has 1 atom stereocenters. The molecule has 0 amide bonds. The van der Waals surface area contributed by atoms with Gasteiger partial charge in [0, 0.05) is 11.7 Å². The van der Waals surface area contributed by atoms with Crippen molar-refractivity contribution < 1.29 is 8.42 Å². The van der Waals surface area contributed by atoms with E-state index >= 15 is 0 Å². The van der Waals surface area contributed by atoms with Crippen LogP contribution in [0.15, 0.2) is 23.1 Å². The summed E-state index contributed by atoms with van der Waals surface area (Å²) in [7, 11) is -3.63. The van der Waals surface area contributed by atoms with E-state index in [4.69, 9.17) is 5.14 Å². The summed E-state index contributed by atoms with van der Waals surface area (Å²) in [5, 5.41) is 8.56. The predicted octanol–water partition coefficient (Wildman–Crippen LogP) is 2.63. The van der Waals surface area contributed by atoms with Crippen LogP contribution in [0.1, 0.15) is 38.2 Å². The van der Waals surface area contributed by atoms with Gasteiger partial charge in [-0.05, 0) is 43.9 Å². The number of primary sulfonamides is 1. The molecule has 2 rings (SSSR count). The van der Waals surface area contributed by atoms with Crippen LogP contribution in [0.5, 0.6) is 0 Å². The summed E-state index contributed by atoms with van der Waals surface area (Å²) < 4.78 is 22.7. The topological polar surface area (TPSA) is 72.2 Å². The second-order valence-corrected chi connectivity index (χ2v) is 7.16. The number of benzene rings is 1. The van der Waals surface area contributed by atoms with E-state index in [0.717, 1.165) is 23.6 Å². The van der Waals surface area contributed by atoms with Gasteiger partial charge in [0.05, 0.1) is 4.90 Å². The number of nitrogens with two attached hydrogens (primary N) is 1. The predicted molar refractivity (Wildman–Crippen MR) is 77.6 cm³/mol. The lowest BCUT2D eigenvalue weighted by atomic mass is 9.81. The van der Waals surface area contributed by atoms with Crippen LogP contribution in [0, 0.1) is 12.8 Å². The molecule has 1 saturated carbocycles. The lowest BCUT2D eigenvalue weighted by Gasteiger charge is -2.29. The molecule has 1 unspecified atom stereocenters. The number of hydrogen-bond acceptors (Lipinski definition) is 3. The smallest absolute Gasteiger partial charge is 0.238 e. The van der Waals surface area contributed by atoms with E-state index in [1.165, 1.54) is 19.3 Å². The molecule has 0 aromatic heterocycles. The largest absolute Gasteiger partial charge is 0.382 e. The first-order valence-corrected chi connectivity index (χ1v) is 8.31. The standard InChI is InChI=1S/C14H22N2O2S/c1-10-6-7-13(19(15,17)18)9-14(10)16-11(2)8-12-4-3-5-12/h6-7,9,11-12,16H,3-5,8H2,1-2H3,(H2,15,17,18). The number of rotatable bonds is 5. The van der Waals surface area contributed by atoms with Crippen LogP contribution in [0.2, 0.25) is 0 Å². The van der Waals surface area contributed by atoms with Gasteiger partial charge in [-0.2, -0.15) is 0 Å². The van der Waals surface area contributed by atoms with E-state index < -0.39 is 10.0 Å². The minimum atomic E-state index is -3.63. The third-order valence-corrected chi connectivity index (χ3v) is 4.76. The third-order valence-electron chi connectivity index (χ3n) is 3.85. The number of anilines is 1. The summed E-state index contributed by atoms with van der Waals surface area (Å²) in [5.74, 6) is 0.823. The maximum Gasteiger partial charge on any atom is 0.238 e. The molecule has 1 aliphatic rings. The minimum Gasteiger partial charge on any atom is -0.382 e. The molecule has 3 N–H and O–H groups in total. The molecule has 1 aromatic rings.